The highest BCUT2D eigenvalue weighted by atomic mass is 16.6. The summed E-state index contributed by atoms with van der Waals surface area (Å²) in [5.41, 5.74) is -0.211. The lowest BCUT2D eigenvalue weighted by atomic mass is 10.2. The maximum Gasteiger partial charge on any atom is 0.311 e. The lowest BCUT2D eigenvalue weighted by Crippen LogP contribution is -1.89. The van der Waals surface area contributed by atoms with E-state index < -0.39 is 21.3 Å². The molecule has 15 heavy (non-hydrogen) atoms. The summed E-state index contributed by atoms with van der Waals surface area (Å²) in [4.78, 5) is 18.9. The number of rotatable bonds is 3. The average Bonchev–Trinajstić information content (AvgIpc) is 2.16. The molecule has 0 bridgehead atoms. The van der Waals surface area contributed by atoms with Gasteiger partial charge >= 0.3 is 5.69 Å². The molecule has 78 valence electrons. The van der Waals surface area contributed by atoms with Gasteiger partial charge in [-0.15, -0.1) is 0 Å². The molecule has 0 amide bonds. The average molecular weight is 210 g/mol. The number of benzene rings is 1. The molecule has 0 fully saturated rings. The number of hydrogen-bond donors (Lipinski definition) is 1. The first-order valence-corrected chi connectivity index (χ1v) is 3.80. The van der Waals surface area contributed by atoms with Crippen molar-refractivity contribution in [2.45, 2.75) is 0 Å². The SMILES string of the molecule is O=[N+]([O-])/C=C/c1ccc(O)c([N+](=O)[O-])c1. The lowest BCUT2D eigenvalue weighted by Gasteiger charge is -1.96. The highest BCUT2D eigenvalue weighted by Gasteiger charge is 2.12. The zero-order valence-corrected chi connectivity index (χ0v) is 7.36. The summed E-state index contributed by atoms with van der Waals surface area (Å²) in [6, 6.07) is 3.50. The van der Waals surface area contributed by atoms with Crippen molar-refractivity contribution < 1.29 is 15.0 Å². The summed E-state index contributed by atoms with van der Waals surface area (Å²) in [6.45, 7) is 0. The van der Waals surface area contributed by atoms with Crippen LogP contribution in [-0.2, 0) is 0 Å². The van der Waals surface area contributed by atoms with Gasteiger partial charge in [0.05, 0.1) is 9.85 Å². The Morgan fingerprint density at radius 2 is 1.93 bits per heavy atom. The van der Waals surface area contributed by atoms with Crippen LogP contribution in [0.4, 0.5) is 5.69 Å². The second kappa shape index (κ2) is 4.18. The van der Waals surface area contributed by atoms with Crippen LogP contribution < -0.4 is 0 Å². The summed E-state index contributed by atoms with van der Waals surface area (Å²) in [5, 5.41) is 29.5. The van der Waals surface area contributed by atoms with Gasteiger partial charge in [-0.2, -0.15) is 0 Å². The summed E-state index contributed by atoms with van der Waals surface area (Å²) in [7, 11) is 0. The molecule has 0 spiro atoms. The van der Waals surface area contributed by atoms with E-state index in [1.807, 2.05) is 0 Å². The normalized spacial score (nSPS) is 10.4. The largest absolute Gasteiger partial charge is 0.502 e. The molecule has 1 rings (SSSR count). The van der Waals surface area contributed by atoms with Crippen molar-refractivity contribution >= 4 is 11.8 Å². The van der Waals surface area contributed by atoms with Gasteiger partial charge in [0.15, 0.2) is 5.75 Å². The van der Waals surface area contributed by atoms with Gasteiger partial charge in [0, 0.05) is 12.1 Å². The minimum atomic E-state index is -0.765. The van der Waals surface area contributed by atoms with Gasteiger partial charge in [0.1, 0.15) is 0 Å². The van der Waals surface area contributed by atoms with E-state index >= 15 is 0 Å². The molecule has 0 unspecified atom stereocenters. The molecule has 0 saturated heterocycles. The van der Waals surface area contributed by atoms with Crippen molar-refractivity contribution in [3.05, 3.63) is 50.2 Å². The quantitative estimate of drug-likeness (QED) is 0.601. The first-order chi connectivity index (χ1) is 7.00. The molecule has 0 saturated carbocycles. The molecule has 7 heteroatoms. The summed E-state index contributed by atoms with van der Waals surface area (Å²) >= 11 is 0. The van der Waals surface area contributed by atoms with E-state index in [0.29, 0.717) is 6.20 Å². The monoisotopic (exact) mass is 210 g/mol. The molecule has 1 aromatic rings. The molecule has 0 aliphatic carbocycles. The van der Waals surface area contributed by atoms with E-state index in [9.17, 15) is 20.2 Å². The summed E-state index contributed by atoms with van der Waals surface area (Å²) < 4.78 is 0. The molecular weight excluding hydrogens is 204 g/mol. The van der Waals surface area contributed by atoms with Crippen molar-refractivity contribution in [1.82, 2.24) is 0 Å². The van der Waals surface area contributed by atoms with E-state index in [4.69, 9.17) is 5.11 Å². The number of nitro groups is 2. The smallest absolute Gasteiger partial charge is 0.311 e. The molecule has 7 nitrogen and oxygen atoms in total. The third kappa shape index (κ3) is 2.76. The fourth-order valence-corrected chi connectivity index (χ4v) is 0.937. The van der Waals surface area contributed by atoms with Crippen LogP contribution in [-0.4, -0.2) is 15.0 Å². The van der Waals surface area contributed by atoms with Gasteiger partial charge in [-0.1, -0.05) is 6.07 Å². The van der Waals surface area contributed by atoms with Crippen LogP contribution in [0.15, 0.2) is 24.4 Å². The van der Waals surface area contributed by atoms with Crippen molar-refractivity contribution in [2.75, 3.05) is 0 Å². The van der Waals surface area contributed by atoms with E-state index in [1.165, 1.54) is 6.07 Å². The van der Waals surface area contributed by atoms with Crippen LogP contribution in [0.25, 0.3) is 6.08 Å². The van der Waals surface area contributed by atoms with Gasteiger partial charge in [0.25, 0.3) is 0 Å². The zero-order valence-electron chi connectivity index (χ0n) is 7.36. The van der Waals surface area contributed by atoms with Gasteiger partial charge in [-0.05, 0) is 11.6 Å². The number of phenols is 1. The summed E-state index contributed by atoms with van der Waals surface area (Å²) in [5.74, 6) is -0.474. The van der Waals surface area contributed by atoms with Crippen molar-refractivity contribution in [2.24, 2.45) is 0 Å². The van der Waals surface area contributed by atoms with E-state index in [1.54, 1.807) is 0 Å². The van der Waals surface area contributed by atoms with Crippen molar-refractivity contribution in [3.8, 4) is 5.75 Å². The fraction of sp³-hybridized carbons (Fsp3) is 0. The second-order valence-corrected chi connectivity index (χ2v) is 2.61. The fourth-order valence-electron chi connectivity index (χ4n) is 0.937. The van der Waals surface area contributed by atoms with E-state index in [2.05, 4.69) is 0 Å². The molecule has 0 aliphatic rings. The number of aromatic hydroxyl groups is 1. The van der Waals surface area contributed by atoms with Crippen LogP contribution in [0.5, 0.6) is 5.75 Å². The van der Waals surface area contributed by atoms with Crippen molar-refractivity contribution in [1.29, 1.82) is 0 Å². The summed E-state index contributed by atoms with van der Waals surface area (Å²) in [6.07, 6.45) is 1.77. The highest BCUT2D eigenvalue weighted by molar-refractivity contribution is 5.57. The van der Waals surface area contributed by atoms with Crippen LogP contribution in [0.1, 0.15) is 5.56 Å². The van der Waals surface area contributed by atoms with Crippen LogP contribution in [0.3, 0.4) is 0 Å². The Bertz CT molecular complexity index is 441. The van der Waals surface area contributed by atoms with Crippen molar-refractivity contribution in [3.63, 3.8) is 0 Å². The molecule has 0 aliphatic heterocycles. The number of phenolic OH excluding ortho intramolecular Hbond substituents is 1. The topological polar surface area (TPSA) is 107 Å². The minimum absolute atomic E-state index is 0.274. The maximum atomic E-state index is 10.4. The zero-order chi connectivity index (χ0) is 11.4. The predicted molar refractivity (Wildman–Crippen MR) is 50.8 cm³/mol. The molecular formula is C8H6N2O5. The molecule has 1 aromatic carbocycles. The Balaban J connectivity index is 3.08. The minimum Gasteiger partial charge on any atom is -0.502 e. The van der Waals surface area contributed by atoms with Crippen LogP contribution in [0, 0.1) is 20.2 Å². The molecule has 0 aromatic heterocycles. The molecule has 0 radical (unpaired) electrons. The Morgan fingerprint density at radius 3 is 2.47 bits per heavy atom. The van der Waals surface area contributed by atoms with E-state index in [-0.39, 0.29) is 5.56 Å². The molecule has 0 atom stereocenters. The van der Waals surface area contributed by atoms with Gasteiger partial charge < -0.3 is 5.11 Å². The second-order valence-electron chi connectivity index (χ2n) is 2.61. The van der Waals surface area contributed by atoms with Crippen LogP contribution >= 0.6 is 0 Å². The standard InChI is InChI=1S/C8H6N2O5/c11-8-2-1-6(3-4-9(12)13)5-7(8)10(14)15/h1-5,11H/b4-3+. The Morgan fingerprint density at radius 1 is 1.27 bits per heavy atom. The van der Waals surface area contributed by atoms with Gasteiger partial charge in [0.2, 0.25) is 6.20 Å². The lowest BCUT2D eigenvalue weighted by molar-refractivity contribution is -0.400. The Kier molecular flexibility index (Phi) is 2.97. The molecule has 1 N–H and O–H groups in total. The first kappa shape index (κ1) is 10.6. The number of nitro benzene ring substituents is 1. The Labute approximate surface area is 83.6 Å². The van der Waals surface area contributed by atoms with Crippen LogP contribution in [0.2, 0.25) is 0 Å². The highest BCUT2D eigenvalue weighted by Crippen LogP contribution is 2.26. The van der Waals surface area contributed by atoms with Gasteiger partial charge in [-0.25, -0.2) is 0 Å². The maximum absolute atomic E-state index is 10.4. The first-order valence-electron chi connectivity index (χ1n) is 3.80. The molecule has 0 heterocycles. The number of nitrogens with zero attached hydrogens (tertiary/aromatic N) is 2. The Hall–Kier alpha value is -2.44. The number of hydrogen-bond acceptors (Lipinski definition) is 5. The van der Waals surface area contributed by atoms with Gasteiger partial charge in [-0.3, -0.25) is 20.2 Å². The predicted octanol–water partition coefficient (Wildman–Crippen LogP) is 1.55. The third-order valence-corrected chi connectivity index (χ3v) is 1.58. The van der Waals surface area contributed by atoms with E-state index in [0.717, 1.165) is 18.2 Å². The third-order valence-electron chi connectivity index (χ3n) is 1.58.